The highest BCUT2D eigenvalue weighted by molar-refractivity contribution is 7.00. The first-order chi connectivity index (χ1) is 38.6. The maximum atomic E-state index is 2.51. The van der Waals surface area contributed by atoms with Crippen molar-refractivity contribution in [1.29, 1.82) is 0 Å². The van der Waals surface area contributed by atoms with Gasteiger partial charge in [0.2, 0.25) is 0 Å². The van der Waals surface area contributed by atoms with E-state index in [1.807, 2.05) is 0 Å². The Morgan fingerprint density at radius 2 is 0.812 bits per heavy atom. The number of anilines is 12. The summed E-state index contributed by atoms with van der Waals surface area (Å²) in [6.07, 6.45) is 2.30. The fraction of sp³-hybridized carbons (Fsp3) is 0.162. The van der Waals surface area contributed by atoms with Crippen LogP contribution >= 0.6 is 0 Å². The lowest BCUT2D eigenvalue weighted by Gasteiger charge is -2.43. The maximum Gasteiger partial charge on any atom is 0.254 e. The van der Waals surface area contributed by atoms with E-state index < -0.39 is 0 Å². The quantitative estimate of drug-likeness (QED) is 0.134. The molecule has 6 heteroatoms. The summed E-state index contributed by atoms with van der Waals surface area (Å²) >= 11 is 0. The van der Waals surface area contributed by atoms with Gasteiger partial charge in [0.05, 0.1) is 5.69 Å². The molecule has 11 aromatic rings. The van der Waals surface area contributed by atoms with Crippen LogP contribution in [0.4, 0.5) is 68.4 Å². The monoisotopic (exact) mass is 1040 g/mol. The first kappa shape index (κ1) is 50.5. The third-order valence-electron chi connectivity index (χ3n) is 16.4. The van der Waals surface area contributed by atoms with Crippen molar-refractivity contribution >= 4 is 97.0 Å². The van der Waals surface area contributed by atoms with Crippen molar-refractivity contribution in [2.24, 2.45) is 0 Å². The zero-order chi connectivity index (χ0) is 55.1. The minimum Gasteiger partial charge on any atom is -0.311 e. The Balaban J connectivity index is 1.04. The van der Waals surface area contributed by atoms with Gasteiger partial charge in [-0.1, -0.05) is 196 Å². The average Bonchev–Trinajstić information content (AvgIpc) is 4.04. The van der Waals surface area contributed by atoms with Crippen molar-refractivity contribution in [3.05, 3.63) is 266 Å². The Hall–Kier alpha value is -9.00. The van der Waals surface area contributed by atoms with E-state index in [-0.39, 0.29) is 23.0 Å². The van der Waals surface area contributed by atoms with Gasteiger partial charge in [-0.05, 0) is 164 Å². The van der Waals surface area contributed by atoms with Crippen LogP contribution in [0.2, 0.25) is 0 Å². The maximum absolute atomic E-state index is 2.51. The number of benzene rings is 9. The fourth-order valence-electron chi connectivity index (χ4n) is 12.2. The van der Waals surface area contributed by atoms with E-state index in [4.69, 9.17) is 0 Å². The summed E-state index contributed by atoms with van der Waals surface area (Å²) in [6, 6.07) is 90.3. The van der Waals surface area contributed by atoms with Crippen LogP contribution in [0.5, 0.6) is 0 Å². The molecular formula is C74H68BN5. The van der Waals surface area contributed by atoms with E-state index in [9.17, 15) is 0 Å². The molecule has 9 aromatic carbocycles. The van der Waals surface area contributed by atoms with Gasteiger partial charge in [-0.3, -0.25) is 4.90 Å². The molecule has 2 aliphatic rings. The summed E-state index contributed by atoms with van der Waals surface area (Å²) in [5.41, 5.74) is 23.6. The Bertz CT molecular complexity index is 4000. The molecule has 0 saturated carbocycles. The second-order valence-corrected chi connectivity index (χ2v) is 24.8. The van der Waals surface area contributed by atoms with E-state index in [0.29, 0.717) is 0 Å². The molecule has 80 heavy (non-hydrogen) atoms. The first-order valence-corrected chi connectivity index (χ1v) is 28.3. The van der Waals surface area contributed by atoms with Gasteiger partial charge in [0.25, 0.3) is 6.71 Å². The third kappa shape index (κ3) is 8.84. The van der Waals surface area contributed by atoms with E-state index in [1.54, 1.807) is 0 Å². The van der Waals surface area contributed by atoms with Gasteiger partial charge in [0.15, 0.2) is 0 Å². The van der Waals surface area contributed by atoms with Gasteiger partial charge in [0, 0.05) is 74.2 Å². The van der Waals surface area contributed by atoms with Crippen molar-refractivity contribution < 1.29 is 0 Å². The lowest BCUT2D eigenvalue weighted by Crippen LogP contribution is -2.61. The highest BCUT2D eigenvalue weighted by Gasteiger charge is 2.45. The second-order valence-electron chi connectivity index (χ2n) is 24.8. The van der Waals surface area contributed by atoms with Gasteiger partial charge >= 0.3 is 0 Å². The molecule has 13 rings (SSSR count). The second kappa shape index (κ2) is 19.4. The van der Waals surface area contributed by atoms with Crippen molar-refractivity contribution in [3.8, 4) is 11.1 Å². The van der Waals surface area contributed by atoms with Crippen molar-refractivity contribution in [2.45, 2.75) is 78.6 Å². The van der Waals surface area contributed by atoms with E-state index >= 15 is 0 Å². The summed E-state index contributed by atoms with van der Waals surface area (Å²) in [5.74, 6) is 1.14. The smallest absolute Gasteiger partial charge is 0.254 e. The average molecular weight is 1040 g/mol. The number of rotatable bonds is 9. The van der Waals surface area contributed by atoms with Crippen molar-refractivity contribution in [3.63, 3.8) is 0 Å². The zero-order valence-electron chi connectivity index (χ0n) is 47.5. The third-order valence-corrected chi connectivity index (χ3v) is 16.4. The van der Waals surface area contributed by atoms with Crippen LogP contribution in [0.1, 0.15) is 79.0 Å². The molecule has 2 aromatic heterocycles. The predicted octanol–water partition coefficient (Wildman–Crippen LogP) is 18.5. The summed E-state index contributed by atoms with van der Waals surface area (Å²) in [7, 11) is 0. The molecule has 0 radical (unpaired) electrons. The topological polar surface area (TPSA) is 17.4 Å². The normalized spacial score (nSPS) is 13.0. The van der Waals surface area contributed by atoms with Crippen LogP contribution in [0.25, 0.3) is 16.6 Å². The Morgan fingerprint density at radius 3 is 1.36 bits per heavy atom. The molecule has 0 unspecified atom stereocenters. The van der Waals surface area contributed by atoms with Crippen LogP contribution in [0, 0.1) is 0 Å². The number of aromatic nitrogens is 1. The van der Waals surface area contributed by atoms with Gasteiger partial charge in [0.1, 0.15) is 5.82 Å². The fourth-order valence-corrected chi connectivity index (χ4v) is 12.2. The van der Waals surface area contributed by atoms with Gasteiger partial charge < -0.3 is 19.1 Å². The first-order valence-electron chi connectivity index (χ1n) is 28.3. The standard InChI is InChI=1S/C74H68BN5/c1-72(2,3)52-32-38-57(39-33-52)77(58-40-34-53(35-41-58)73(4,5)6)60-44-45-64-69(50-60)79(55-24-15-11-16-25-55)67-30-21-31-68-70(67)75(64)65-49-62-48-61(46-47-76(62)71(65)80(68)56-26-17-12-18-27-56)78(59-42-36-54(37-43-59)74(7,8)9)66-29-20-19-28-63(66)51-22-13-10-14-23-51/h10-50H,1-9H3. The summed E-state index contributed by atoms with van der Waals surface area (Å²) in [4.78, 5) is 9.88. The number of hydrogen-bond donors (Lipinski definition) is 0. The molecule has 0 bridgehead atoms. The molecule has 0 fully saturated rings. The van der Waals surface area contributed by atoms with Crippen LogP contribution in [-0.4, -0.2) is 11.1 Å². The summed E-state index contributed by atoms with van der Waals surface area (Å²) in [6.45, 7) is 20.5. The Morgan fingerprint density at radius 1 is 0.350 bits per heavy atom. The van der Waals surface area contributed by atoms with E-state index in [2.05, 4.69) is 335 Å². The molecule has 4 heterocycles. The number of para-hydroxylation sites is 3. The molecule has 2 aliphatic heterocycles. The van der Waals surface area contributed by atoms with Gasteiger partial charge in [-0.15, -0.1) is 0 Å². The molecule has 5 nitrogen and oxygen atoms in total. The highest BCUT2D eigenvalue weighted by atomic mass is 15.3. The van der Waals surface area contributed by atoms with Crippen molar-refractivity contribution in [1.82, 2.24) is 4.40 Å². The number of pyridine rings is 1. The molecule has 0 saturated heterocycles. The molecule has 0 atom stereocenters. The van der Waals surface area contributed by atoms with Gasteiger partial charge in [-0.2, -0.15) is 0 Å². The summed E-state index contributed by atoms with van der Waals surface area (Å²) < 4.78 is 2.42. The van der Waals surface area contributed by atoms with E-state index in [0.717, 1.165) is 62.5 Å². The molecular weight excluding hydrogens is 970 g/mol. The summed E-state index contributed by atoms with van der Waals surface area (Å²) in [5, 5.41) is 0. The SMILES string of the molecule is CC(C)(C)c1ccc(N(c2ccc(C(C)(C)C)cc2)c2ccc3c(c2)N(c2ccccc2)c2cccc4c2B3c2cc3cc(N(c5ccc(C(C)(C)C)cc5)c5ccccc5-c5ccccc5)ccn3c2N4c2ccccc2)cc1. The van der Waals surface area contributed by atoms with Crippen LogP contribution in [0.15, 0.2) is 249 Å². The minimum atomic E-state index is -0.0889. The van der Waals surface area contributed by atoms with Crippen LogP contribution in [-0.2, 0) is 16.2 Å². The zero-order valence-corrected chi connectivity index (χ0v) is 47.5. The highest BCUT2D eigenvalue weighted by Crippen LogP contribution is 2.48. The molecule has 0 spiro atoms. The van der Waals surface area contributed by atoms with Crippen LogP contribution < -0.4 is 36.0 Å². The predicted molar refractivity (Wildman–Crippen MR) is 342 cm³/mol. The lowest BCUT2D eigenvalue weighted by atomic mass is 9.34. The lowest BCUT2D eigenvalue weighted by molar-refractivity contribution is 0.590. The Kier molecular flexibility index (Phi) is 12.3. The van der Waals surface area contributed by atoms with Crippen molar-refractivity contribution in [2.75, 3.05) is 19.6 Å². The molecule has 0 N–H and O–H groups in total. The number of fused-ring (bicyclic) bond motifs is 6. The van der Waals surface area contributed by atoms with Crippen LogP contribution in [0.3, 0.4) is 0 Å². The molecule has 392 valence electrons. The largest absolute Gasteiger partial charge is 0.311 e. The molecule has 0 amide bonds. The number of nitrogens with zero attached hydrogens (tertiary/aromatic N) is 5. The Labute approximate surface area is 473 Å². The van der Waals surface area contributed by atoms with Gasteiger partial charge in [-0.25, -0.2) is 0 Å². The minimum absolute atomic E-state index is 0.0187. The molecule has 0 aliphatic carbocycles. The number of hydrogen-bond acceptors (Lipinski definition) is 4. The van der Waals surface area contributed by atoms with E-state index in [1.165, 1.54) is 55.6 Å².